The normalized spacial score (nSPS) is 9.76. The maximum atomic E-state index is 11.9. The van der Waals surface area contributed by atoms with Crippen molar-refractivity contribution in [2.75, 3.05) is 31.6 Å². The molecule has 1 aromatic rings. The SMILES string of the molecule is NC(=O)CNC(=O)COC(=O)c1ccccc1NCCO. The molecule has 1 rings (SSSR count). The molecule has 0 aliphatic carbocycles. The summed E-state index contributed by atoms with van der Waals surface area (Å²) in [7, 11) is 0. The van der Waals surface area contributed by atoms with Crippen LogP contribution in [0.25, 0.3) is 0 Å². The molecule has 8 heteroatoms. The monoisotopic (exact) mass is 295 g/mol. The van der Waals surface area contributed by atoms with E-state index in [0.29, 0.717) is 5.69 Å². The minimum absolute atomic E-state index is 0.0844. The standard InChI is InChI=1S/C13H17N3O5/c14-11(18)7-16-12(19)8-21-13(20)9-3-1-2-4-10(9)15-5-6-17/h1-4,15,17H,5-8H2,(H2,14,18)(H,16,19). The van der Waals surface area contributed by atoms with Gasteiger partial charge in [-0.3, -0.25) is 9.59 Å². The Morgan fingerprint density at radius 1 is 1.24 bits per heavy atom. The number of para-hydroxylation sites is 1. The maximum absolute atomic E-state index is 11.9. The Hall–Kier alpha value is -2.61. The first kappa shape index (κ1) is 16.4. The number of esters is 1. The van der Waals surface area contributed by atoms with E-state index in [1.54, 1.807) is 18.2 Å². The van der Waals surface area contributed by atoms with E-state index in [0.717, 1.165) is 0 Å². The van der Waals surface area contributed by atoms with Gasteiger partial charge in [0, 0.05) is 12.2 Å². The average Bonchev–Trinajstić information content (AvgIpc) is 2.48. The van der Waals surface area contributed by atoms with Gasteiger partial charge in [-0.1, -0.05) is 12.1 Å². The van der Waals surface area contributed by atoms with Crippen molar-refractivity contribution >= 4 is 23.5 Å². The number of amides is 2. The third-order valence-electron chi connectivity index (χ3n) is 2.37. The number of hydrogen-bond donors (Lipinski definition) is 4. The van der Waals surface area contributed by atoms with E-state index in [-0.39, 0.29) is 25.3 Å². The summed E-state index contributed by atoms with van der Waals surface area (Å²) < 4.78 is 4.84. The van der Waals surface area contributed by atoms with Crippen LogP contribution in [0, 0.1) is 0 Å². The van der Waals surface area contributed by atoms with Gasteiger partial charge in [0.25, 0.3) is 5.91 Å². The number of carbonyl (C=O) groups is 3. The van der Waals surface area contributed by atoms with Crippen LogP contribution in [-0.2, 0) is 14.3 Å². The van der Waals surface area contributed by atoms with Crippen LogP contribution in [0.2, 0.25) is 0 Å². The highest BCUT2D eigenvalue weighted by Crippen LogP contribution is 2.15. The van der Waals surface area contributed by atoms with Crippen molar-refractivity contribution < 1.29 is 24.2 Å². The molecule has 0 unspecified atom stereocenters. The lowest BCUT2D eigenvalue weighted by atomic mass is 10.2. The quantitative estimate of drug-likeness (QED) is 0.448. The van der Waals surface area contributed by atoms with Gasteiger partial charge in [0.15, 0.2) is 6.61 Å². The Balaban J connectivity index is 2.55. The molecule has 0 atom stereocenters. The Labute approximate surface area is 121 Å². The first-order chi connectivity index (χ1) is 10.0. The number of hydrogen-bond acceptors (Lipinski definition) is 6. The fraction of sp³-hybridized carbons (Fsp3) is 0.308. The van der Waals surface area contributed by atoms with Crippen LogP contribution in [0.1, 0.15) is 10.4 Å². The Morgan fingerprint density at radius 2 is 1.95 bits per heavy atom. The summed E-state index contributed by atoms with van der Waals surface area (Å²) in [6, 6.07) is 6.55. The highest BCUT2D eigenvalue weighted by Gasteiger charge is 2.14. The summed E-state index contributed by atoms with van der Waals surface area (Å²) in [6.45, 7) is -0.631. The number of carbonyl (C=O) groups excluding carboxylic acids is 3. The van der Waals surface area contributed by atoms with Crippen LogP contribution in [0.5, 0.6) is 0 Å². The molecule has 0 radical (unpaired) electrons. The second-order valence-corrected chi connectivity index (χ2v) is 4.02. The van der Waals surface area contributed by atoms with E-state index in [9.17, 15) is 14.4 Å². The summed E-state index contributed by atoms with van der Waals surface area (Å²) >= 11 is 0. The number of primary amides is 1. The zero-order valence-electron chi connectivity index (χ0n) is 11.3. The number of rotatable bonds is 8. The largest absolute Gasteiger partial charge is 0.452 e. The highest BCUT2D eigenvalue weighted by molar-refractivity contribution is 5.96. The van der Waals surface area contributed by atoms with E-state index in [1.165, 1.54) is 6.07 Å². The van der Waals surface area contributed by atoms with Gasteiger partial charge >= 0.3 is 5.97 Å². The number of ether oxygens (including phenoxy) is 1. The lowest BCUT2D eigenvalue weighted by molar-refractivity contribution is -0.127. The van der Waals surface area contributed by atoms with Crippen molar-refractivity contribution in [1.82, 2.24) is 5.32 Å². The number of benzene rings is 1. The smallest absolute Gasteiger partial charge is 0.340 e. The van der Waals surface area contributed by atoms with E-state index in [4.69, 9.17) is 15.6 Å². The van der Waals surface area contributed by atoms with Crippen LogP contribution in [0.4, 0.5) is 5.69 Å². The molecule has 0 heterocycles. The summed E-state index contributed by atoms with van der Waals surface area (Å²) in [4.78, 5) is 33.6. The molecule has 1 aromatic carbocycles. The zero-order valence-corrected chi connectivity index (χ0v) is 11.3. The van der Waals surface area contributed by atoms with Gasteiger partial charge in [0.1, 0.15) is 0 Å². The van der Waals surface area contributed by atoms with Crippen molar-refractivity contribution in [3.63, 3.8) is 0 Å². The van der Waals surface area contributed by atoms with E-state index >= 15 is 0 Å². The Kier molecular flexibility index (Phi) is 6.69. The molecule has 0 aliphatic heterocycles. The number of aliphatic hydroxyl groups excluding tert-OH is 1. The van der Waals surface area contributed by atoms with Crippen LogP contribution in [0.3, 0.4) is 0 Å². The van der Waals surface area contributed by atoms with Gasteiger partial charge in [0.2, 0.25) is 5.91 Å². The van der Waals surface area contributed by atoms with Gasteiger partial charge in [-0.15, -0.1) is 0 Å². The van der Waals surface area contributed by atoms with E-state index in [1.807, 2.05) is 0 Å². The minimum Gasteiger partial charge on any atom is -0.452 e. The van der Waals surface area contributed by atoms with Gasteiger partial charge in [-0.05, 0) is 12.1 Å². The third-order valence-corrected chi connectivity index (χ3v) is 2.37. The number of nitrogens with one attached hydrogen (secondary N) is 2. The fourth-order valence-electron chi connectivity index (χ4n) is 1.45. The van der Waals surface area contributed by atoms with Crippen molar-refractivity contribution in [2.24, 2.45) is 5.73 Å². The lowest BCUT2D eigenvalue weighted by Crippen LogP contribution is -2.36. The molecule has 0 aliphatic rings. The molecule has 0 spiro atoms. The molecule has 0 saturated carbocycles. The Morgan fingerprint density at radius 3 is 2.62 bits per heavy atom. The second-order valence-electron chi connectivity index (χ2n) is 4.02. The molecule has 0 aromatic heterocycles. The molecule has 2 amide bonds. The van der Waals surface area contributed by atoms with Crippen molar-refractivity contribution in [1.29, 1.82) is 0 Å². The number of nitrogens with two attached hydrogens (primary N) is 1. The fourth-order valence-corrected chi connectivity index (χ4v) is 1.45. The predicted molar refractivity (Wildman–Crippen MR) is 74.5 cm³/mol. The second kappa shape index (κ2) is 8.54. The van der Waals surface area contributed by atoms with Crippen molar-refractivity contribution in [3.05, 3.63) is 29.8 Å². The highest BCUT2D eigenvalue weighted by atomic mass is 16.5. The maximum Gasteiger partial charge on any atom is 0.340 e. The topological polar surface area (TPSA) is 131 Å². The molecule has 5 N–H and O–H groups in total. The van der Waals surface area contributed by atoms with Gasteiger partial charge < -0.3 is 26.2 Å². The summed E-state index contributed by atoms with van der Waals surface area (Å²) in [5, 5.41) is 13.8. The minimum atomic E-state index is -0.690. The van der Waals surface area contributed by atoms with Gasteiger partial charge in [-0.2, -0.15) is 0 Å². The first-order valence-electron chi connectivity index (χ1n) is 6.20. The summed E-state index contributed by atoms with van der Waals surface area (Å²) in [5.41, 5.74) is 5.60. The molecule has 0 bridgehead atoms. The predicted octanol–water partition coefficient (Wildman–Crippen LogP) is -1.15. The molecule has 0 saturated heterocycles. The van der Waals surface area contributed by atoms with Gasteiger partial charge in [-0.25, -0.2) is 4.79 Å². The van der Waals surface area contributed by atoms with Crippen LogP contribution in [0.15, 0.2) is 24.3 Å². The van der Waals surface area contributed by atoms with Crippen LogP contribution in [-0.4, -0.2) is 49.2 Å². The summed E-state index contributed by atoms with van der Waals surface area (Å²) in [5.74, 6) is -2.00. The number of anilines is 1. The molecular weight excluding hydrogens is 278 g/mol. The van der Waals surface area contributed by atoms with Gasteiger partial charge in [0.05, 0.1) is 18.7 Å². The van der Waals surface area contributed by atoms with E-state index in [2.05, 4.69) is 10.6 Å². The van der Waals surface area contributed by atoms with Crippen LogP contribution < -0.4 is 16.4 Å². The Bertz CT molecular complexity index is 518. The van der Waals surface area contributed by atoms with Crippen LogP contribution >= 0.6 is 0 Å². The first-order valence-corrected chi connectivity index (χ1v) is 6.20. The third kappa shape index (κ3) is 5.91. The van der Waals surface area contributed by atoms with Crippen molar-refractivity contribution in [3.8, 4) is 0 Å². The average molecular weight is 295 g/mol. The van der Waals surface area contributed by atoms with Crippen molar-refractivity contribution in [2.45, 2.75) is 0 Å². The van der Waals surface area contributed by atoms with E-state index < -0.39 is 24.4 Å². The molecular formula is C13H17N3O5. The zero-order chi connectivity index (χ0) is 15.7. The molecule has 0 fully saturated rings. The molecule has 114 valence electrons. The number of aliphatic hydroxyl groups is 1. The summed E-state index contributed by atoms with van der Waals surface area (Å²) in [6.07, 6.45) is 0. The lowest BCUT2D eigenvalue weighted by Gasteiger charge is -2.10. The molecule has 21 heavy (non-hydrogen) atoms. The molecule has 8 nitrogen and oxygen atoms in total.